The lowest BCUT2D eigenvalue weighted by Gasteiger charge is -2.01. The minimum atomic E-state index is 1.33. The van der Waals surface area contributed by atoms with Crippen molar-refractivity contribution in [2.24, 2.45) is 0 Å². The molecular weight excluding hydrogens is 352 g/mol. The molecule has 0 nitrogen and oxygen atoms in total. The summed E-state index contributed by atoms with van der Waals surface area (Å²) in [6.07, 6.45) is 0. The molecule has 6 rings (SSSR count). The molecule has 0 radical (unpaired) electrons. The Balaban J connectivity index is 1.75. The zero-order valence-electron chi connectivity index (χ0n) is 14.6. The van der Waals surface area contributed by atoms with Gasteiger partial charge in [0.25, 0.3) is 0 Å². The highest BCUT2D eigenvalue weighted by atomic mass is 32.1. The summed E-state index contributed by atoms with van der Waals surface area (Å²) >= 11 is 3.81. The van der Waals surface area contributed by atoms with Crippen LogP contribution in [0.15, 0.2) is 60.7 Å². The molecule has 0 aliphatic rings. The molecule has 0 fully saturated rings. The Hall–Kier alpha value is -2.42. The largest absolute Gasteiger partial charge is 0.135 e. The monoisotopic (exact) mass is 368 g/mol. The van der Waals surface area contributed by atoms with E-state index in [0.717, 1.165) is 0 Å². The van der Waals surface area contributed by atoms with E-state index in [0.29, 0.717) is 0 Å². The quantitative estimate of drug-likeness (QED) is 0.253. The molecule has 2 heterocycles. The van der Waals surface area contributed by atoms with Crippen LogP contribution >= 0.6 is 22.7 Å². The first kappa shape index (κ1) is 14.7. The van der Waals surface area contributed by atoms with E-state index in [9.17, 15) is 0 Å². The third-order valence-electron chi connectivity index (χ3n) is 5.33. The van der Waals surface area contributed by atoms with Crippen molar-refractivity contribution in [2.75, 3.05) is 0 Å². The van der Waals surface area contributed by atoms with Crippen molar-refractivity contribution in [3.05, 3.63) is 71.8 Å². The number of hydrogen-bond acceptors (Lipinski definition) is 2. The summed E-state index contributed by atoms with van der Waals surface area (Å²) < 4.78 is 5.54. The number of aryl methyl sites for hydroxylation is 2. The molecule has 124 valence electrons. The summed E-state index contributed by atoms with van der Waals surface area (Å²) in [5.74, 6) is 0. The van der Waals surface area contributed by atoms with Gasteiger partial charge >= 0.3 is 0 Å². The van der Waals surface area contributed by atoms with Crippen molar-refractivity contribution >= 4 is 73.8 Å². The Morgan fingerprint density at radius 1 is 0.462 bits per heavy atom. The number of thiophene rings is 2. The molecule has 0 unspecified atom stereocenters. The van der Waals surface area contributed by atoms with Crippen molar-refractivity contribution in [3.8, 4) is 0 Å². The molecule has 0 bridgehead atoms. The summed E-state index contributed by atoms with van der Waals surface area (Å²) in [6.45, 7) is 4.34. The fraction of sp³-hybridized carbons (Fsp3) is 0.0833. The SMILES string of the molecule is Cc1ccc2c(c1)sc1cc3cc4sc5cc(C)ccc5c4cc3cc12. The van der Waals surface area contributed by atoms with Gasteiger partial charge in [-0.3, -0.25) is 0 Å². The van der Waals surface area contributed by atoms with Crippen molar-refractivity contribution in [3.63, 3.8) is 0 Å². The maximum Gasteiger partial charge on any atom is 0.0361 e. The highest BCUT2D eigenvalue weighted by molar-refractivity contribution is 7.26. The zero-order chi connectivity index (χ0) is 17.4. The second-order valence-electron chi connectivity index (χ2n) is 7.25. The summed E-state index contributed by atoms with van der Waals surface area (Å²) in [5, 5.41) is 8.20. The van der Waals surface area contributed by atoms with E-state index in [4.69, 9.17) is 0 Å². The third-order valence-corrected chi connectivity index (χ3v) is 7.56. The van der Waals surface area contributed by atoms with E-state index >= 15 is 0 Å². The van der Waals surface area contributed by atoms with E-state index in [1.807, 2.05) is 22.7 Å². The van der Waals surface area contributed by atoms with Crippen LogP contribution in [0.4, 0.5) is 0 Å². The number of rotatable bonds is 0. The van der Waals surface area contributed by atoms with E-state index in [1.165, 1.54) is 62.2 Å². The first-order valence-corrected chi connectivity index (χ1v) is 10.5. The topological polar surface area (TPSA) is 0 Å². The molecule has 2 aromatic heterocycles. The first-order valence-electron chi connectivity index (χ1n) is 8.85. The van der Waals surface area contributed by atoms with Crippen molar-refractivity contribution in [2.45, 2.75) is 13.8 Å². The van der Waals surface area contributed by atoms with Crippen LogP contribution in [0.25, 0.3) is 51.1 Å². The average molecular weight is 369 g/mol. The predicted molar refractivity (Wildman–Crippen MR) is 119 cm³/mol. The Labute approximate surface area is 159 Å². The maximum atomic E-state index is 2.38. The lowest BCUT2D eigenvalue weighted by atomic mass is 10.0. The van der Waals surface area contributed by atoms with Crippen LogP contribution in [0.2, 0.25) is 0 Å². The highest BCUT2D eigenvalue weighted by Crippen LogP contribution is 2.40. The first-order chi connectivity index (χ1) is 12.7. The van der Waals surface area contributed by atoms with Crippen LogP contribution < -0.4 is 0 Å². The summed E-state index contributed by atoms with van der Waals surface area (Å²) in [7, 11) is 0. The minimum absolute atomic E-state index is 1.33. The van der Waals surface area contributed by atoms with Crippen LogP contribution in [0, 0.1) is 13.8 Å². The minimum Gasteiger partial charge on any atom is -0.135 e. The van der Waals surface area contributed by atoms with Crippen LogP contribution in [0.5, 0.6) is 0 Å². The van der Waals surface area contributed by atoms with Gasteiger partial charge in [0.15, 0.2) is 0 Å². The van der Waals surface area contributed by atoms with Crippen LogP contribution in [-0.2, 0) is 0 Å². The highest BCUT2D eigenvalue weighted by Gasteiger charge is 2.10. The number of hydrogen-bond donors (Lipinski definition) is 0. The van der Waals surface area contributed by atoms with Crippen molar-refractivity contribution < 1.29 is 0 Å². The van der Waals surface area contributed by atoms with Gasteiger partial charge in [0.1, 0.15) is 0 Å². The van der Waals surface area contributed by atoms with E-state index in [2.05, 4.69) is 74.5 Å². The fourth-order valence-corrected chi connectivity index (χ4v) is 6.48. The Kier molecular flexibility index (Phi) is 2.87. The Morgan fingerprint density at radius 3 is 1.38 bits per heavy atom. The fourth-order valence-electron chi connectivity index (χ4n) is 4.01. The molecule has 0 spiro atoms. The second kappa shape index (κ2) is 5.06. The maximum absolute atomic E-state index is 2.38. The standard InChI is InChI=1S/C24H16S2/c1-13-3-5-17-19-9-15-10-20-18-6-4-14(2)8-22(18)26-24(20)12-16(15)11-23(19)25-21(17)7-13/h3-12H,1-2H3. The van der Waals surface area contributed by atoms with Gasteiger partial charge in [0.05, 0.1) is 0 Å². The van der Waals surface area contributed by atoms with E-state index < -0.39 is 0 Å². The van der Waals surface area contributed by atoms with Crippen LogP contribution in [-0.4, -0.2) is 0 Å². The van der Waals surface area contributed by atoms with Gasteiger partial charge in [-0.1, -0.05) is 24.3 Å². The van der Waals surface area contributed by atoms with E-state index in [1.54, 1.807) is 0 Å². The predicted octanol–water partition coefficient (Wildman–Crippen LogP) is 8.19. The van der Waals surface area contributed by atoms with Gasteiger partial charge in [-0.2, -0.15) is 0 Å². The number of benzene rings is 4. The Morgan fingerprint density at radius 2 is 0.885 bits per heavy atom. The lowest BCUT2D eigenvalue weighted by Crippen LogP contribution is -1.75. The normalized spacial score (nSPS) is 12.2. The molecular formula is C24H16S2. The van der Waals surface area contributed by atoms with Gasteiger partial charge < -0.3 is 0 Å². The lowest BCUT2D eigenvalue weighted by molar-refractivity contribution is 1.52. The van der Waals surface area contributed by atoms with Gasteiger partial charge in [-0.05, 0) is 72.1 Å². The summed E-state index contributed by atoms with van der Waals surface area (Å²) in [4.78, 5) is 0. The molecule has 4 aromatic carbocycles. The smallest absolute Gasteiger partial charge is 0.0361 e. The molecule has 6 aromatic rings. The van der Waals surface area contributed by atoms with Gasteiger partial charge in [-0.25, -0.2) is 0 Å². The molecule has 2 heteroatoms. The van der Waals surface area contributed by atoms with Crippen LogP contribution in [0.1, 0.15) is 11.1 Å². The van der Waals surface area contributed by atoms with E-state index in [-0.39, 0.29) is 0 Å². The summed E-state index contributed by atoms with van der Waals surface area (Å²) in [6, 6.07) is 23.1. The van der Waals surface area contributed by atoms with Gasteiger partial charge in [0, 0.05) is 40.3 Å². The second-order valence-corrected chi connectivity index (χ2v) is 9.41. The average Bonchev–Trinajstić information content (AvgIpc) is 3.13. The molecule has 26 heavy (non-hydrogen) atoms. The molecule has 0 N–H and O–H groups in total. The Bertz CT molecular complexity index is 1380. The molecule has 0 saturated carbocycles. The van der Waals surface area contributed by atoms with Gasteiger partial charge in [0.2, 0.25) is 0 Å². The van der Waals surface area contributed by atoms with Crippen LogP contribution in [0.3, 0.4) is 0 Å². The summed E-state index contributed by atoms with van der Waals surface area (Å²) in [5.41, 5.74) is 2.66. The zero-order valence-corrected chi connectivity index (χ0v) is 16.2. The molecule has 0 aliphatic carbocycles. The molecule has 0 aliphatic heterocycles. The van der Waals surface area contributed by atoms with Gasteiger partial charge in [-0.15, -0.1) is 22.7 Å². The van der Waals surface area contributed by atoms with Crippen molar-refractivity contribution in [1.82, 2.24) is 0 Å². The molecule has 0 amide bonds. The third kappa shape index (κ3) is 2.00. The van der Waals surface area contributed by atoms with Crippen molar-refractivity contribution in [1.29, 1.82) is 0 Å². The molecule has 0 atom stereocenters. The number of fused-ring (bicyclic) bond motifs is 7. The molecule has 0 saturated heterocycles.